The minimum absolute atomic E-state index is 0.161. The number of sulfone groups is 1. The van der Waals surface area contributed by atoms with Gasteiger partial charge >= 0.3 is 0 Å². The van der Waals surface area contributed by atoms with Crippen LogP contribution in [-0.4, -0.2) is 40.3 Å². The fourth-order valence-corrected chi connectivity index (χ4v) is 3.07. The Bertz CT molecular complexity index is 661. The Morgan fingerprint density at radius 2 is 2.05 bits per heavy atom. The number of hydrogen-bond donors (Lipinski definition) is 1. The van der Waals surface area contributed by atoms with Crippen LogP contribution in [0, 0.1) is 0 Å². The van der Waals surface area contributed by atoms with Crippen molar-refractivity contribution >= 4 is 9.84 Å². The van der Waals surface area contributed by atoms with Gasteiger partial charge in [0.2, 0.25) is 6.30 Å². The first kappa shape index (κ1) is 14.6. The molecule has 2 rings (SSSR count). The van der Waals surface area contributed by atoms with Gasteiger partial charge in [0.1, 0.15) is 12.7 Å². The molecule has 6 nitrogen and oxygen atoms in total. The predicted molar refractivity (Wildman–Crippen MR) is 70.2 cm³/mol. The molecule has 0 aliphatic rings. The maximum absolute atomic E-state index is 14.6. The summed E-state index contributed by atoms with van der Waals surface area (Å²) in [7, 11) is -3.62. The molecule has 1 N–H and O–H groups in total. The highest BCUT2D eigenvalue weighted by atomic mass is 32.2. The van der Waals surface area contributed by atoms with E-state index in [0.29, 0.717) is 0 Å². The molecule has 20 heavy (non-hydrogen) atoms. The smallest absolute Gasteiger partial charge is 0.226 e. The van der Waals surface area contributed by atoms with Crippen LogP contribution in [0.2, 0.25) is 0 Å². The van der Waals surface area contributed by atoms with Gasteiger partial charge < -0.3 is 5.11 Å². The third kappa shape index (κ3) is 3.02. The largest absolute Gasteiger partial charge is 0.379 e. The lowest BCUT2D eigenvalue weighted by Gasteiger charge is -2.30. The van der Waals surface area contributed by atoms with Crippen molar-refractivity contribution < 1.29 is 17.9 Å². The molecule has 0 aliphatic heterocycles. The van der Waals surface area contributed by atoms with E-state index in [-0.39, 0.29) is 5.56 Å². The second-order valence-corrected chi connectivity index (χ2v) is 6.71. The van der Waals surface area contributed by atoms with Crippen LogP contribution in [0.15, 0.2) is 43.0 Å². The van der Waals surface area contributed by atoms with Crippen molar-refractivity contribution in [1.29, 1.82) is 0 Å². The number of rotatable bonds is 5. The van der Waals surface area contributed by atoms with Gasteiger partial charge in [-0.15, -0.1) is 0 Å². The van der Waals surface area contributed by atoms with Crippen molar-refractivity contribution in [2.45, 2.75) is 11.9 Å². The van der Waals surface area contributed by atoms with E-state index >= 15 is 0 Å². The van der Waals surface area contributed by atoms with Gasteiger partial charge in [0.15, 0.2) is 15.4 Å². The van der Waals surface area contributed by atoms with Gasteiger partial charge in [0, 0.05) is 6.26 Å². The fourth-order valence-electron chi connectivity index (χ4n) is 1.97. The third-order valence-electron chi connectivity index (χ3n) is 2.82. The van der Waals surface area contributed by atoms with E-state index < -0.39 is 27.5 Å². The Labute approximate surface area is 115 Å². The predicted octanol–water partition coefficient (Wildman–Crippen LogP) is 0.679. The molecule has 0 bridgehead atoms. The van der Waals surface area contributed by atoms with Crippen molar-refractivity contribution in [2.24, 2.45) is 0 Å². The van der Waals surface area contributed by atoms with Crippen LogP contribution in [0.1, 0.15) is 11.9 Å². The average molecular weight is 299 g/mol. The zero-order valence-corrected chi connectivity index (χ0v) is 11.5. The van der Waals surface area contributed by atoms with Gasteiger partial charge in [-0.1, -0.05) is 30.3 Å². The zero-order chi connectivity index (χ0) is 14.8. The summed E-state index contributed by atoms with van der Waals surface area (Å²) in [6.07, 6.45) is 1.07. The number of alkyl halides is 1. The Hall–Kier alpha value is -1.80. The molecule has 2 atom stereocenters. The third-order valence-corrected chi connectivity index (χ3v) is 3.78. The molecule has 1 aromatic heterocycles. The van der Waals surface area contributed by atoms with Crippen molar-refractivity contribution in [3.05, 3.63) is 48.5 Å². The lowest BCUT2D eigenvalue weighted by atomic mass is 9.94. The summed E-state index contributed by atoms with van der Waals surface area (Å²) >= 11 is 0. The number of hydrogen-bond acceptors (Lipinski definition) is 5. The number of halogens is 1. The van der Waals surface area contributed by atoms with Crippen LogP contribution in [-0.2, 0) is 15.4 Å². The molecule has 1 heterocycles. The Kier molecular flexibility index (Phi) is 3.87. The van der Waals surface area contributed by atoms with Crippen molar-refractivity contribution in [3.63, 3.8) is 0 Å². The molecule has 0 saturated heterocycles. The number of aromatic nitrogens is 3. The van der Waals surface area contributed by atoms with Crippen molar-refractivity contribution in [1.82, 2.24) is 14.8 Å². The summed E-state index contributed by atoms with van der Waals surface area (Å²) < 4.78 is 38.4. The van der Waals surface area contributed by atoms with Gasteiger partial charge in [0.05, 0.1) is 5.75 Å². The van der Waals surface area contributed by atoms with E-state index in [1.807, 2.05) is 0 Å². The molecule has 1 aromatic carbocycles. The molecule has 108 valence electrons. The molecule has 0 spiro atoms. The SMILES string of the molecule is CS(=O)(=O)CC(O)(c1ccccc1)C(F)n1cncn1. The van der Waals surface area contributed by atoms with Gasteiger partial charge in [-0.25, -0.2) is 22.5 Å². The topological polar surface area (TPSA) is 85.1 Å². The first-order valence-corrected chi connectivity index (χ1v) is 7.83. The molecule has 0 saturated carbocycles. The monoisotopic (exact) mass is 299 g/mol. The average Bonchev–Trinajstić information content (AvgIpc) is 2.90. The first-order chi connectivity index (χ1) is 9.33. The molecule has 0 fully saturated rings. The van der Waals surface area contributed by atoms with Crippen LogP contribution in [0.3, 0.4) is 0 Å². The first-order valence-electron chi connectivity index (χ1n) is 5.77. The number of aliphatic hydroxyl groups is 1. The Balaban J connectivity index is 2.49. The van der Waals surface area contributed by atoms with Gasteiger partial charge in [0.25, 0.3) is 0 Å². The maximum atomic E-state index is 14.6. The highest BCUT2D eigenvalue weighted by molar-refractivity contribution is 7.90. The summed E-state index contributed by atoms with van der Waals surface area (Å²) in [4.78, 5) is 3.60. The van der Waals surface area contributed by atoms with Crippen LogP contribution >= 0.6 is 0 Å². The summed E-state index contributed by atoms with van der Waals surface area (Å²) in [6.45, 7) is 0. The lowest BCUT2D eigenvalue weighted by molar-refractivity contribution is -0.0634. The summed E-state index contributed by atoms with van der Waals surface area (Å²) in [5.41, 5.74) is -2.07. The second-order valence-electron chi connectivity index (χ2n) is 4.57. The molecule has 2 unspecified atom stereocenters. The second kappa shape index (κ2) is 5.29. The van der Waals surface area contributed by atoms with E-state index in [1.165, 1.54) is 12.1 Å². The van der Waals surface area contributed by atoms with Gasteiger partial charge in [-0.05, 0) is 5.56 Å². The maximum Gasteiger partial charge on any atom is 0.226 e. The van der Waals surface area contributed by atoms with E-state index in [1.54, 1.807) is 18.2 Å². The van der Waals surface area contributed by atoms with Crippen LogP contribution in [0.4, 0.5) is 4.39 Å². The molecule has 0 aliphatic carbocycles. The number of nitrogens with zero attached hydrogens (tertiary/aromatic N) is 3. The van der Waals surface area contributed by atoms with Gasteiger partial charge in [-0.3, -0.25) is 0 Å². The summed E-state index contributed by atoms with van der Waals surface area (Å²) in [5, 5.41) is 14.2. The molecular formula is C12H14FN3O3S. The Morgan fingerprint density at radius 1 is 1.40 bits per heavy atom. The lowest BCUT2D eigenvalue weighted by Crippen LogP contribution is -2.41. The number of benzene rings is 1. The molecular weight excluding hydrogens is 285 g/mol. The van der Waals surface area contributed by atoms with E-state index in [0.717, 1.165) is 23.6 Å². The molecule has 0 radical (unpaired) electrons. The Morgan fingerprint density at radius 3 is 2.55 bits per heavy atom. The van der Waals surface area contributed by atoms with Crippen LogP contribution in [0.25, 0.3) is 0 Å². The highest BCUT2D eigenvalue weighted by Crippen LogP contribution is 2.35. The minimum Gasteiger partial charge on any atom is -0.379 e. The van der Waals surface area contributed by atoms with Crippen LogP contribution in [0.5, 0.6) is 0 Å². The van der Waals surface area contributed by atoms with E-state index in [4.69, 9.17) is 0 Å². The van der Waals surface area contributed by atoms with Crippen molar-refractivity contribution in [3.8, 4) is 0 Å². The summed E-state index contributed by atoms with van der Waals surface area (Å²) in [6, 6.07) is 7.81. The molecule has 8 heteroatoms. The summed E-state index contributed by atoms with van der Waals surface area (Å²) in [5.74, 6) is -0.759. The quantitative estimate of drug-likeness (QED) is 0.877. The molecule has 0 amide bonds. The molecule has 2 aromatic rings. The van der Waals surface area contributed by atoms with E-state index in [9.17, 15) is 17.9 Å². The standard InChI is InChI=1S/C12H14FN3O3S/c1-20(18,19)7-12(17,10-5-3-2-4-6-10)11(13)16-9-14-8-15-16/h2-6,8-9,11,17H,7H2,1H3. The highest BCUT2D eigenvalue weighted by Gasteiger charge is 2.43. The van der Waals surface area contributed by atoms with Crippen molar-refractivity contribution in [2.75, 3.05) is 12.0 Å². The fraction of sp³-hybridized carbons (Fsp3) is 0.333. The zero-order valence-electron chi connectivity index (χ0n) is 10.7. The van der Waals surface area contributed by atoms with Crippen LogP contribution < -0.4 is 0 Å². The van der Waals surface area contributed by atoms with Gasteiger partial charge in [-0.2, -0.15) is 5.10 Å². The normalized spacial score (nSPS) is 16.6. The minimum atomic E-state index is -3.62. The van der Waals surface area contributed by atoms with E-state index in [2.05, 4.69) is 10.1 Å².